The number of rotatable bonds is 3. The lowest BCUT2D eigenvalue weighted by Gasteiger charge is -2.13. The molecule has 6 heteroatoms. The van der Waals surface area contributed by atoms with Crippen molar-refractivity contribution in [1.29, 1.82) is 0 Å². The van der Waals surface area contributed by atoms with E-state index in [1.165, 1.54) is 7.11 Å². The summed E-state index contributed by atoms with van der Waals surface area (Å²) >= 11 is 8.71. The maximum Gasteiger partial charge on any atom is 0.337 e. The molecule has 0 atom stereocenters. The van der Waals surface area contributed by atoms with Crippen molar-refractivity contribution in [2.24, 2.45) is 0 Å². The normalized spacial score (nSPS) is 9.95. The van der Waals surface area contributed by atoms with E-state index in [1.807, 2.05) is 37.3 Å². The highest BCUT2D eigenvalue weighted by Gasteiger charge is 2.09. The first-order valence-corrected chi connectivity index (χ1v) is 7.72. The van der Waals surface area contributed by atoms with E-state index in [0.29, 0.717) is 10.7 Å². The summed E-state index contributed by atoms with van der Waals surface area (Å²) in [5, 5.41) is 6.64. The van der Waals surface area contributed by atoms with Crippen molar-refractivity contribution >= 4 is 50.6 Å². The van der Waals surface area contributed by atoms with Gasteiger partial charge >= 0.3 is 5.97 Å². The number of nitrogens with one attached hydrogen (secondary N) is 2. The molecule has 0 spiro atoms. The largest absolute Gasteiger partial charge is 0.465 e. The van der Waals surface area contributed by atoms with Crippen molar-refractivity contribution in [2.75, 3.05) is 17.7 Å². The minimum absolute atomic E-state index is 0.381. The van der Waals surface area contributed by atoms with Crippen LogP contribution in [0.5, 0.6) is 0 Å². The minimum Gasteiger partial charge on any atom is -0.465 e. The zero-order chi connectivity index (χ0) is 16.1. The van der Waals surface area contributed by atoms with E-state index in [4.69, 9.17) is 17.0 Å². The van der Waals surface area contributed by atoms with Crippen LogP contribution < -0.4 is 10.6 Å². The molecule has 22 heavy (non-hydrogen) atoms. The summed E-state index contributed by atoms with van der Waals surface area (Å²) in [6.45, 7) is 1.94. The molecule has 0 saturated heterocycles. The predicted molar refractivity (Wildman–Crippen MR) is 96.5 cm³/mol. The van der Waals surface area contributed by atoms with Gasteiger partial charge in [0.2, 0.25) is 0 Å². The van der Waals surface area contributed by atoms with Crippen molar-refractivity contribution in [1.82, 2.24) is 0 Å². The second kappa shape index (κ2) is 7.38. The van der Waals surface area contributed by atoms with Gasteiger partial charge in [0.25, 0.3) is 0 Å². The number of anilines is 2. The van der Waals surface area contributed by atoms with Crippen molar-refractivity contribution in [3.8, 4) is 0 Å². The van der Waals surface area contributed by atoms with Gasteiger partial charge in [-0.25, -0.2) is 4.79 Å². The summed E-state index contributed by atoms with van der Waals surface area (Å²) in [7, 11) is 1.36. The second-order valence-corrected chi connectivity index (χ2v) is 5.93. The van der Waals surface area contributed by atoms with Crippen LogP contribution in [0.4, 0.5) is 11.4 Å². The number of hydrogen-bond donors (Lipinski definition) is 2. The fourth-order valence-electron chi connectivity index (χ4n) is 1.85. The molecule has 4 nitrogen and oxygen atoms in total. The second-order valence-electron chi connectivity index (χ2n) is 4.61. The molecule has 0 fully saturated rings. The molecule has 0 aliphatic heterocycles. The Kier molecular flexibility index (Phi) is 5.51. The summed E-state index contributed by atoms with van der Waals surface area (Å²) in [6.07, 6.45) is 0. The van der Waals surface area contributed by atoms with Crippen LogP contribution in [0.3, 0.4) is 0 Å². The average Bonchev–Trinajstić information content (AvgIpc) is 2.48. The van der Waals surface area contributed by atoms with Gasteiger partial charge in [-0.15, -0.1) is 0 Å². The summed E-state index contributed by atoms with van der Waals surface area (Å²) in [4.78, 5) is 11.6. The first kappa shape index (κ1) is 16.5. The molecule has 0 unspecified atom stereocenters. The lowest BCUT2D eigenvalue weighted by Crippen LogP contribution is -2.20. The Morgan fingerprint density at radius 2 is 1.95 bits per heavy atom. The third-order valence-electron chi connectivity index (χ3n) is 2.99. The van der Waals surface area contributed by atoms with Crippen LogP contribution in [0.1, 0.15) is 15.9 Å². The zero-order valence-corrected chi connectivity index (χ0v) is 14.5. The highest BCUT2D eigenvalue weighted by Crippen LogP contribution is 2.19. The number of halogens is 1. The molecule has 0 amide bonds. The van der Waals surface area contributed by atoms with Crippen LogP contribution in [0, 0.1) is 6.92 Å². The number of benzene rings is 2. The third kappa shape index (κ3) is 4.29. The number of thiocarbonyl (C=S) groups is 1. The van der Waals surface area contributed by atoms with Gasteiger partial charge in [0.1, 0.15) is 0 Å². The Labute approximate surface area is 143 Å². The van der Waals surface area contributed by atoms with E-state index < -0.39 is 0 Å². The maximum absolute atomic E-state index is 11.6. The zero-order valence-electron chi connectivity index (χ0n) is 12.1. The van der Waals surface area contributed by atoms with Crippen molar-refractivity contribution in [3.05, 3.63) is 58.1 Å². The van der Waals surface area contributed by atoms with E-state index in [-0.39, 0.29) is 5.97 Å². The number of carbonyl (C=O) groups excluding carboxylic acids is 1. The van der Waals surface area contributed by atoms with Gasteiger partial charge in [-0.1, -0.05) is 28.1 Å². The fourth-order valence-corrected chi connectivity index (χ4v) is 2.48. The Hall–Kier alpha value is -1.92. The summed E-state index contributed by atoms with van der Waals surface area (Å²) in [6, 6.07) is 13.0. The van der Waals surface area contributed by atoms with E-state index in [1.54, 1.807) is 12.1 Å². The molecule has 0 aliphatic rings. The van der Waals surface area contributed by atoms with Crippen LogP contribution in [0.2, 0.25) is 0 Å². The van der Waals surface area contributed by atoms with Gasteiger partial charge in [0.15, 0.2) is 5.11 Å². The lowest BCUT2D eigenvalue weighted by molar-refractivity contribution is 0.0601. The minimum atomic E-state index is -0.381. The third-order valence-corrected chi connectivity index (χ3v) is 3.69. The van der Waals surface area contributed by atoms with Crippen LogP contribution in [0.25, 0.3) is 0 Å². The molecular weight excluding hydrogens is 364 g/mol. The monoisotopic (exact) mass is 378 g/mol. The van der Waals surface area contributed by atoms with Crippen LogP contribution in [-0.2, 0) is 4.74 Å². The molecule has 0 aliphatic carbocycles. The molecular formula is C16H15BrN2O2S. The summed E-state index contributed by atoms with van der Waals surface area (Å²) in [5.74, 6) is -0.381. The van der Waals surface area contributed by atoms with Gasteiger partial charge in [0, 0.05) is 15.8 Å². The molecule has 114 valence electrons. The van der Waals surface area contributed by atoms with E-state index in [9.17, 15) is 4.79 Å². The highest BCUT2D eigenvalue weighted by atomic mass is 79.9. The van der Waals surface area contributed by atoms with Crippen LogP contribution in [0.15, 0.2) is 46.9 Å². The molecule has 2 aromatic rings. The Morgan fingerprint density at radius 1 is 1.18 bits per heavy atom. The molecule has 0 heterocycles. The molecule has 0 bridgehead atoms. The Morgan fingerprint density at radius 3 is 2.64 bits per heavy atom. The van der Waals surface area contributed by atoms with E-state index in [2.05, 4.69) is 26.6 Å². The number of carbonyl (C=O) groups is 1. The smallest absolute Gasteiger partial charge is 0.337 e. The molecule has 0 radical (unpaired) electrons. The topological polar surface area (TPSA) is 50.4 Å². The number of hydrogen-bond acceptors (Lipinski definition) is 3. The number of esters is 1. The SMILES string of the molecule is COC(=O)c1ccc(C)c(NC(=S)Nc2cccc(Br)c2)c1. The van der Waals surface area contributed by atoms with E-state index in [0.717, 1.165) is 21.4 Å². The van der Waals surface area contributed by atoms with Gasteiger partial charge < -0.3 is 15.4 Å². The number of aryl methyl sites for hydroxylation is 1. The molecule has 2 N–H and O–H groups in total. The lowest BCUT2D eigenvalue weighted by atomic mass is 10.1. The van der Waals surface area contributed by atoms with Crippen molar-refractivity contribution in [2.45, 2.75) is 6.92 Å². The molecule has 0 aromatic heterocycles. The predicted octanol–water partition coefficient (Wildman–Crippen LogP) is 4.35. The highest BCUT2D eigenvalue weighted by molar-refractivity contribution is 9.10. The molecule has 0 saturated carbocycles. The average molecular weight is 379 g/mol. The first-order valence-electron chi connectivity index (χ1n) is 6.52. The summed E-state index contributed by atoms with van der Waals surface area (Å²) in [5.41, 5.74) is 3.08. The first-order chi connectivity index (χ1) is 10.5. The van der Waals surface area contributed by atoms with Gasteiger partial charge in [0.05, 0.1) is 12.7 Å². The van der Waals surface area contributed by atoms with Gasteiger partial charge in [-0.3, -0.25) is 0 Å². The number of ether oxygens (including phenoxy) is 1. The van der Waals surface area contributed by atoms with Crippen molar-refractivity contribution < 1.29 is 9.53 Å². The maximum atomic E-state index is 11.6. The van der Waals surface area contributed by atoms with Crippen molar-refractivity contribution in [3.63, 3.8) is 0 Å². The molecule has 2 rings (SSSR count). The standard InChI is InChI=1S/C16H15BrN2O2S/c1-10-6-7-11(15(20)21-2)8-14(10)19-16(22)18-13-5-3-4-12(17)9-13/h3-9H,1-2H3,(H2,18,19,22). The quantitative estimate of drug-likeness (QED) is 0.613. The van der Waals surface area contributed by atoms with Gasteiger partial charge in [-0.2, -0.15) is 0 Å². The number of methoxy groups -OCH3 is 1. The van der Waals surface area contributed by atoms with E-state index >= 15 is 0 Å². The molecule has 2 aromatic carbocycles. The van der Waals surface area contributed by atoms with Crippen LogP contribution >= 0.6 is 28.1 Å². The fraction of sp³-hybridized carbons (Fsp3) is 0.125. The van der Waals surface area contributed by atoms with Gasteiger partial charge in [-0.05, 0) is 55.0 Å². The summed E-state index contributed by atoms with van der Waals surface area (Å²) < 4.78 is 5.69. The Balaban J connectivity index is 2.12. The van der Waals surface area contributed by atoms with Crippen LogP contribution in [-0.4, -0.2) is 18.2 Å². The Bertz CT molecular complexity index is 719.